The summed E-state index contributed by atoms with van der Waals surface area (Å²) in [4.78, 5) is 0. The molecular weight excluding hydrogens is 160 g/mol. The van der Waals surface area contributed by atoms with Gasteiger partial charge < -0.3 is 4.74 Å². The van der Waals surface area contributed by atoms with Gasteiger partial charge in [-0.15, -0.1) is 0 Å². The van der Waals surface area contributed by atoms with Crippen LogP contribution in [0.25, 0.3) is 0 Å². The van der Waals surface area contributed by atoms with Gasteiger partial charge in [0.25, 0.3) is 0 Å². The fourth-order valence-corrected chi connectivity index (χ4v) is 1.65. The lowest BCUT2D eigenvalue weighted by molar-refractivity contribution is 0.0902. The van der Waals surface area contributed by atoms with Crippen LogP contribution in [-0.2, 0) is 4.74 Å². The van der Waals surface area contributed by atoms with Gasteiger partial charge in [-0.1, -0.05) is 25.7 Å². The molecule has 1 nitrogen and oxygen atoms in total. The molecule has 1 fully saturated rings. The third kappa shape index (κ3) is 3.49. The summed E-state index contributed by atoms with van der Waals surface area (Å²) in [7, 11) is 0. The summed E-state index contributed by atoms with van der Waals surface area (Å²) in [6.07, 6.45) is 12.1. The fourth-order valence-electron chi connectivity index (χ4n) is 1.65. The van der Waals surface area contributed by atoms with Gasteiger partial charge in [0.2, 0.25) is 0 Å². The van der Waals surface area contributed by atoms with E-state index in [1.807, 2.05) is 6.08 Å². The molecule has 1 aliphatic carbocycles. The van der Waals surface area contributed by atoms with Gasteiger partial charge in [-0.3, -0.25) is 0 Å². The summed E-state index contributed by atoms with van der Waals surface area (Å²) >= 11 is 0. The molecule has 0 aliphatic heterocycles. The molecule has 0 spiro atoms. The molecule has 72 valence electrons. The van der Waals surface area contributed by atoms with Crippen molar-refractivity contribution in [3.05, 3.63) is 37.1 Å². The van der Waals surface area contributed by atoms with E-state index in [0.29, 0.717) is 6.10 Å². The van der Waals surface area contributed by atoms with Crippen LogP contribution >= 0.6 is 0 Å². The predicted octanol–water partition coefficient (Wildman–Crippen LogP) is 3.59. The van der Waals surface area contributed by atoms with Crippen molar-refractivity contribution in [2.75, 3.05) is 0 Å². The van der Waals surface area contributed by atoms with Crippen LogP contribution < -0.4 is 0 Å². The van der Waals surface area contributed by atoms with Gasteiger partial charge in [0.1, 0.15) is 5.76 Å². The molecule has 1 heteroatoms. The van der Waals surface area contributed by atoms with Crippen LogP contribution in [-0.4, -0.2) is 6.10 Å². The molecule has 0 aromatic carbocycles. The molecule has 0 bridgehead atoms. The fraction of sp³-hybridized carbons (Fsp3) is 0.500. The second-order valence-electron chi connectivity index (χ2n) is 3.39. The highest BCUT2D eigenvalue weighted by molar-refractivity contribution is 5.15. The zero-order chi connectivity index (χ0) is 9.52. The monoisotopic (exact) mass is 178 g/mol. The SMILES string of the molecule is C=C/C=C(\C=C)OC1CCCCC1. The van der Waals surface area contributed by atoms with E-state index in [0.717, 1.165) is 5.76 Å². The Labute approximate surface area is 80.8 Å². The van der Waals surface area contributed by atoms with Crippen LogP contribution in [0.4, 0.5) is 0 Å². The first-order valence-electron chi connectivity index (χ1n) is 4.98. The summed E-state index contributed by atoms with van der Waals surface area (Å²) in [6.45, 7) is 7.34. The summed E-state index contributed by atoms with van der Waals surface area (Å²) in [6, 6.07) is 0. The number of hydrogen-bond acceptors (Lipinski definition) is 1. The standard InChI is InChI=1S/C12H18O/c1-3-8-11(4-2)13-12-9-6-5-7-10-12/h3-4,8,12H,1-2,5-7,9-10H2/b11-8+. The minimum Gasteiger partial charge on any atom is -0.490 e. The molecule has 1 aliphatic rings. The summed E-state index contributed by atoms with van der Waals surface area (Å²) in [5.41, 5.74) is 0. The molecule has 0 radical (unpaired) electrons. The average Bonchev–Trinajstić information content (AvgIpc) is 2.19. The molecule has 0 aromatic rings. The first kappa shape index (κ1) is 10.1. The lowest BCUT2D eigenvalue weighted by Crippen LogP contribution is -2.15. The molecule has 0 aromatic heterocycles. The lowest BCUT2D eigenvalue weighted by atomic mass is 9.98. The maximum Gasteiger partial charge on any atom is 0.119 e. The maximum atomic E-state index is 5.75. The van der Waals surface area contributed by atoms with E-state index >= 15 is 0 Å². The Morgan fingerprint density at radius 3 is 2.38 bits per heavy atom. The molecular formula is C12H18O. The van der Waals surface area contributed by atoms with Crippen molar-refractivity contribution in [1.82, 2.24) is 0 Å². The van der Waals surface area contributed by atoms with Gasteiger partial charge in [-0.2, -0.15) is 0 Å². The summed E-state index contributed by atoms with van der Waals surface area (Å²) in [5.74, 6) is 0.849. The van der Waals surface area contributed by atoms with Crippen LogP contribution in [0.1, 0.15) is 32.1 Å². The first-order valence-corrected chi connectivity index (χ1v) is 4.98. The molecule has 0 amide bonds. The predicted molar refractivity (Wildman–Crippen MR) is 56.4 cm³/mol. The van der Waals surface area contributed by atoms with E-state index in [4.69, 9.17) is 4.74 Å². The van der Waals surface area contributed by atoms with E-state index < -0.39 is 0 Å². The van der Waals surface area contributed by atoms with E-state index in [2.05, 4.69) is 13.2 Å². The number of rotatable bonds is 4. The smallest absolute Gasteiger partial charge is 0.119 e. The lowest BCUT2D eigenvalue weighted by Gasteiger charge is -2.23. The minimum atomic E-state index is 0.401. The van der Waals surface area contributed by atoms with Gasteiger partial charge >= 0.3 is 0 Å². The Kier molecular flexibility index (Phi) is 4.37. The van der Waals surface area contributed by atoms with E-state index in [1.54, 1.807) is 12.2 Å². The molecule has 1 saturated carbocycles. The van der Waals surface area contributed by atoms with Crippen LogP contribution in [0, 0.1) is 0 Å². The van der Waals surface area contributed by atoms with Crippen molar-refractivity contribution >= 4 is 0 Å². The largest absolute Gasteiger partial charge is 0.490 e. The van der Waals surface area contributed by atoms with Gasteiger partial charge in [0.15, 0.2) is 0 Å². The molecule has 0 N–H and O–H groups in total. The van der Waals surface area contributed by atoms with Crippen molar-refractivity contribution in [3.8, 4) is 0 Å². The third-order valence-electron chi connectivity index (χ3n) is 2.34. The Morgan fingerprint density at radius 1 is 1.15 bits per heavy atom. The van der Waals surface area contributed by atoms with Gasteiger partial charge in [0, 0.05) is 0 Å². The zero-order valence-corrected chi connectivity index (χ0v) is 8.17. The van der Waals surface area contributed by atoms with Gasteiger partial charge in [0.05, 0.1) is 6.10 Å². The van der Waals surface area contributed by atoms with Crippen molar-refractivity contribution in [2.45, 2.75) is 38.2 Å². The zero-order valence-electron chi connectivity index (χ0n) is 8.17. The van der Waals surface area contributed by atoms with Crippen LogP contribution in [0.3, 0.4) is 0 Å². The van der Waals surface area contributed by atoms with Crippen molar-refractivity contribution in [1.29, 1.82) is 0 Å². The van der Waals surface area contributed by atoms with E-state index in [-0.39, 0.29) is 0 Å². The average molecular weight is 178 g/mol. The van der Waals surface area contributed by atoms with E-state index in [9.17, 15) is 0 Å². The molecule has 0 unspecified atom stereocenters. The highest BCUT2D eigenvalue weighted by atomic mass is 16.5. The Hall–Kier alpha value is -0.980. The van der Waals surface area contributed by atoms with Crippen molar-refractivity contribution in [3.63, 3.8) is 0 Å². The second kappa shape index (κ2) is 5.63. The van der Waals surface area contributed by atoms with Crippen LogP contribution in [0.2, 0.25) is 0 Å². The number of allylic oxidation sites excluding steroid dienone is 3. The molecule has 1 rings (SSSR count). The minimum absolute atomic E-state index is 0.401. The first-order chi connectivity index (χ1) is 6.36. The van der Waals surface area contributed by atoms with Crippen LogP contribution in [0.15, 0.2) is 37.1 Å². The molecule has 0 atom stereocenters. The quantitative estimate of drug-likeness (QED) is 0.472. The number of hydrogen-bond donors (Lipinski definition) is 0. The third-order valence-corrected chi connectivity index (χ3v) is 2.34. The second-order valence-corrected chi connectivity index (χ2v) is 3.39. The van der Waals surface area contributed by atoms with Crippen LogP contribution in [0.5, 0.6) is 0 Å². The van der Waals surface area contributed by atoms with Gasteiger partial charge in [-0.05, 0) is 37.8 Å². The molecule has 0 heterocycles. The highest BCUT2D eigenvalue weighted by Gasteiger charge is 2.14. The Bertz CT molecular complexity index is 197. The number of ether oxygens (including phenoxy) is 1. The molecule has 0 saturated heterocycles. The Morgan fingerprint density at radius 2 is 1.85 bits per heavy atom. The van der Waals surface area contributed by atoms with Gasteiger partial charge in [-0.25, -0.2) is 0 Å². The summed E-state index contributed by atoms with van der Waals surface area (Å²) in [5, 5.41) is 0. The van der Waals surface area contributed by atoms with E-state index in [1.165, 1.54) is 32.1 Å². The summed E-state index contributed by atoms with van der Waals surface area (Å²) < 4.78 is 5.75. The topological polar surface area (TPSA) is 9.23 Å². The van der Waals surface area contributed by atoms with Crippen molar-refractivity contribution < 1.29 is 4.74 Å². The Balaban J connectivity index is 2.40. The van der Waals surface area contributed by atoms with Crippen molar-refractivity contribution in [2.24, 2.45) is 0 Å². The normalized spacial score (nSPS) is 19.5. The molecule has 13 heavy (non-hydrogen) atoms. The maximum absolute atomic E-state index is 5.75. The highest BCUT2D eigenvalue weighted by Crippen LogP contribution is 2.22.